The van der Waals surface area contributed by atoms with Gasteiger partial charge in [0.1, 0.15) is 0 Å². The second kappa shape index (κ2) is 5.69. The summed E-state index contributed by atoms with van der Waals surface area (Å²) in [6.45, 7) is 0. The summed E-state index contributed by atoms with van der Waals surface area (Å²) in [6.07, 6.45) is 4.82. The molecule has 0 atom stereocenters. The minimum atomic E-state index is 0.167. The summed E-state index contributed by atoms with van der Waals surface area (Å²) in [6, 6.07) is 20.2. The smallest absolute Gasteiger partial charge is 0.156 e. The topological polar surface area (TPSA) is 34.9 Å². The molecule has 0 amide bonds. The van der Waals surface area contributed by atoms with Gasteiger partial charge in [-0.1, -0.05) is 48.5 Å². The van der Waals surface area contributed by atoms with Gasteiger partial charge in [-0.05, 0) is 30.7 Å². The van der Waals surface area contributed by atoms with Crippen LogP contribution in [0, 0.1) is 0 Å². The summed E-state index contributed by atoms with van der Waals surface area (Å²) in [4.78, 5) is 11.8. The number of rotatable bonds is 2. The quantitative estimate of drug-likeness (QED) is 0.715. The van der Waals surface area contributed by atoms with Crippen LogP contribution in [0.5, 0.6) is 0 Å². The summed E-state index contributed by atoms with van der Waals surface area (Å²) in [5, 5.41) is 4.85. The van der Waals surface area contributed by atoms with Gasteiger partial charge in [-0.15, -0.1) is 0 Å². The molecular formula is C20H16N2O. The van der Waals surface area contributed by atoms with Crippen molar-refractivity contribution in [2.45, 2.75) is 12.8 Å². The van der Waals surface area contributed by atoms with Gasteiger partial charge in [0.05, 0.1) is 17.1 Å². The van der Waals surface area contributed by atoms with Gasteiger partial charge >= 0.3 is 0 Å². The summed E-state index contributed by atoms with van der Waals surface area (Å²) in [7, 11) is 0. The number of benzene rings is 2. The molecule has 23 heavy (non-hydrogen) atoms. The normalized spacial score (nSPS) is 13.7. The number of carbonyl (C=O) groups excluding carboxylic acids is 1. The van der Waals surface area contributed by atoms with E-state index in [0.29, 0.717) is 6.42 Å². The summed E-state index contributed by atoms with van der Waals surface area (Å²) >= 11 is 0. The van der Waals surface area contributed by atoms with Crippen LogP contribution in [0.2, 0.25) is 0 Å². The lowest BCUT2D eigenvalue weighted by atomic mass is 10.0. The lowest BCUT2D eigenvalue weighted by molar-refractivity contribution is -0.114. The third-order valence-corrected chi connectivity index (χ3v) is 4.12. The molecule has 3 heteroatoms. The molecule has 0 saturated heterocycles. The van der Waals surface area contributed by atoms with Crippen LogP contribution in [0.1, 0.15) is 17.7 Å². The van der Waals surface area contributed by atoms with Crippen LogP contribution in [0.3, 0.4) is 0 Å². The van der Waals surface area contributed by atoms with E-state index in [1.165, 1.54) is 0 Å². The van der Waals surface area contributed by atoms with Crippen molar-refractivity contribution in [3.05, 3.63) is 78.0 Å². The van der Waals surface area contributed by atoms with Gasteiger partial charge in [-0.25, -0.2) is 4.68 Å². The first-order valence-corrected chi connectivity index (χ1v) is 7.76. The standard InChI is InChI=1S/C20H16N2O/c23-17-11-13-18-19(14-12-17)22(16-9-5-2-6-10-16)21-20(18)15-7-3-1-4-8-15/h1-10,12,14H,11,13H2. The van der Waals surface area contributed by atoms with Crippen molar-refractivity contribution in [2.24, 2.45) is 0 Å². The molecule has 0 fully saturated rings. The van der Waals surface area contributed by atoms with E-state index >= 15 is 0 Å². The number of allylic oxidation sites excluding steroid dienone is 1. The first kappa shape index (κ1) is 13.7. The minimum Gasteiger partial charge on any atom is -0.295 e. The monoisotopic (exact) mass is 300 g/mol. The summed E-state index contributed by atoms with van der Waals surface area (Å²) in [5.41, 5.74) is 5.19. The van der Waals surface area contributed by atoms with Gasteiger partial charge in [0, 0.05) is 17.5 Å². The fourth-order valence-corrected chi connectivity index (χ4v) is 2.98. The van der Waals surface area contributed by atoms with Crippen molar-refractivity contribution in [3.8, 4) is 16.9 Å². The molecule has 3 nitrogen and oxygen atoms in total. The second-order valence-corrected chi connectivity index (χ2v) is 5.63. The minimum absolute atomic E-state index is 0.167. The molecule has 1 heterocycles. The lowest BCUT2D eigenvalue weighted by Crippen LogP contribution is -1.99. The van der Waals surface area contributed by atoms with E-state index in [2.05, 4.69) is 12.1 Å². The van der Waals surface area contributed by atoms with E-state index in [1.54, 1.807) is 6.08 Å². The van der Waals surface area contributed by atoms with Crippen LogP contribution in [0.15, 0.2) is 66.7 Å². The van der Waals surface area contributed by atoms with E-state index in [9.17, 15) is 4.79 Å². The van der Waals surface area contributed by atoms with E-state index in [1.807, 2.05) is 59.3 Å². The van der Waals surface area contributed by atoms with Crippen molar-refractivity contribution in [1.82, 2.24) is 9.78 Å². The Bertz CT molecular complexity index is 877. The molecule has 0 radical (unpaired) electrons. The molecule has 3 aromatic rings. The van der Waals surface area contributed by atoms with Crippen molar-refractivity contribution in [3.63, 3.8) is 0 Å². The van der Waals surface area contributed by atoms with E-state index in [4.69, 9.17) is 5.10 Å². The molecular weight excluding hydrogens is 284 g/mol. The number of hydrogen-bond acceptors (Lipinski definition) is 2. The molecule has 1 aromatic heterocycles. The van der Waals surface area contributed by atoms with Crippen LogP contribution in [-0.2, 0) is 11.2 Å². The van der Waals surface area contributed by atoms with E-state index in [-0.39, 0.29) is 5.78 Å². The predicted molar refractivity (Wildman–Crippen MR) is 91.4 cm³/mol. The third kappa shape index (κ3) is 2.50. The zero-order valence-electron chi connectivity index (χ0n) is 12.6. The Morgan fingerprint density at radius 2 is 1.52 bits per heavy atom. The molecule has 4 rings (SSSR count). The predicted octanol–water partition coefficient (Wildman–Crippen LogP) is 4.07. The molecule has 112 valence electrons. The number of para-hydroxylation sites is 1. The highest BCUT2D eigenvalue weighted by Gasteiger charge is 2.21. The van der Waals surface area contributed by atoms with Gasteiger partial charge in [0.25, 0.3) is 0 Å². The Labute approximate surface area is 134 Å². The van der Waals surface area contributed by atoms with Gasteiger partial charge in [0.15, 0.2) is 5.78 Å². The number of carbonyl (C=O) groups is 1. The fraction of sp³-hybridized carbons (Fsp3) is 0.100. The Morgan fingerprint density at radius 3 is 2.26 bits per heavy atom. The molecule has 0 unspecified atom stereocenters. The highest BCUT2D eigenvalue weighted by molar-refractivity contribution is 5.95. The van der Waals surface area contributed by atoms with Crippen LogP contribution >= 0.6 is 0 Å². The number of fused-ring (bicyclic) bond motifs is 1. The van der Waals surface area contributed by atoms with Gasteiger partial charge in [0.2, 0.25) is 0 Å². The number of ketones is 1. The Balaban J connectivity index is 1.95. The van der Waals surface area contributed by atoms with E-state index < -0.39 is 0 Å². The molecule has 0 N–H and O–H groups in total. The molecule has 1 aliphatic rings. The average molecular weight is 300 g/mol. The van der Waals surface area contributed by atoms with E-state index in [0.717, 1.165) is 34.6 Å². The largest absolute Gasteiger partial charge is 0.295 e. The van der Waals surface area contributed by atoms with Crippen LogP contribution in [0.4, 0.5) is 0 Å². The SMILES string of the molecule is O=C1C=Cc2c(c(-c3ccccc3)nn2-c2ccccc2)CC1. The highest BCUT2D eigenvalue weighted by Crippen LogP contribution is 2.30. The Morgan fingerprint density at radius 1 is 0.826 bits per heavy atom. The Hall–Kier alpha value is -2.94. The maximum Gasteiger partial charge on any atom is 0.156 e. The average Bonchev–Trinajstić information content (AvgIpc) is 2.87. The molecule has 0 bridgehead atoms. The van der Waals surface area contributed by atoms with Crippen LogP contribution in [-0.4, -0.2) is 15.6 Å². The highest BCUT2D eigenvalue weighted by atomic mass is 16.1. The van der Waals surface area contributed by atoms with Crippen molar-refractivity contribution >= 4 is 11.9 Å². The van der Waals surface area contributed by atoms with Crippen molar-refractivity contribution in [2.75, 3.05) is 0 Å². The number of nitrogens with zero attached hydrogens (tertiary/aromatic N) is 2. The Kier molecular flexibility index (Phi) is 3.39. The van der Waals surface area contributed by atoms with Gasteiger partial charge < -0.3 is 0 Å². The molecule has 0 aliphatic heterocycles. The van der Waals surface area contributed by atoms with Crippen molar-refractivity contribution in [1.29, 1.82) is 0 Å². The first-order valence-electron chi connectivity index (χ1n) is 7.76. The van der Waals surface area contributed by atoms with Gasteiger partial charge in [-0.2, -0.15) is 5.10 Å². The first-order chi connectivity index (χ1) is 11.3. The lowest BCUT2D eigenvalue weighted by Gasteiger charge is -2.04. The van der Waals surface area contributed by atoms with Gasteiger partial charge in [-0.3, -0.25) is 4.79 Å². The summed E-state index contributed by atoms with van der Waals surface area (Å²) < 4.78 is 1.94. The molecule has 0 saturated carbocycles. The number of hydrogen-bond donors (Lipinski definition) is 0. The maximum absolute atomic E-state index is 11.8. The van der Waals surface area contributed by atoms with Crippen molar-refractivity contribution < 1.29 is 4.79 Å². The fourth-order valence-electron chi connectivity index (χ4n) is 2.98. The zero-order valence-corrected chi connectivity index (χ0v) is 12.6. The van der Waals surface area contributed by atoms with Crippen LogP contribution in [0.25, 0.3) is 23.0 Å². The molecule has 2 aromatic carbocycles. The van der Waals surface area contributed by atoms with Crippen LogP contribution < -0.4 is 0 Å². The summed E-state index contributed by atoms with van der Waals surface area (Å²) in [5.74, 6) is 0.167. The second-order valence-electron chi connectivity index (χ2n) is 5.63. The molecule has 1 aliphatic carbocycles. The third-order valence-electron chi connectivity index (χ3n) is 4.12. The maximum atomic E-state index is 11.8. The zero-order chi connectivity index (χ0) is 15.6. The molecule has 0 spiro atoms. The number of aromatic nitrogens is 2.